The van der Waals surface area contributed by atoms with Gasteiger partial charge in [0.05, 0.1) is 38.0 Å². The fourth-order valence-electron chi connectivity index (χ4n) is 7.90. The summed E-state index contributed by atoms with van der Waals surface area (Å²) in [5.41, 5.74) is 2.35. The van der Waals surface area contributed by atoms with Crippen LogP contribution in [0.15, 0.2) is 29.6 Å². The van der Waals surface area contributed by atoms with Gasteiger partial charge in [-0.3, -0.25) is 9.59 Å². The molecule has 1 aromatic carbocycles. The van der Waals surface area contributed by atoms with E-state index in [4.69, 9.17) is 18.9 Å². The fourth-order valence-corrected chi connectivity index (χ4v) is 13.8. The Kier molecular flexibility index (Phi) is 11.2. The van der Waals surface area contributed by atoms with E-state index in [1.807, 2.05) is 24.5 Å². The van der Waals surface area contributed by atoms with Gasteiger partial charge in [-0.25, -0.2) is 9.97 Å². The molecule has 0 saturated heterocycles. The molecule has 1 aromatic heterocycles. The number of carbonyl (C=O) groups excluding carboxylic acids is 2. The number of hydrogen-bond acceptors (Lipinski definition) is 9. The number of methoxy groups -OCH3 is 2. The predicted octanol–water partition coefficient (Wildman–Crippen LogP) is 7.68. The van der Waals surface area contributed by atoms with Crippen molar-refractivity contribution in [3.8, 4) is 11.5 Å². The Morgan fingerprint density at radius 2 is 1.73 bits per heavy atom. The SMILES string of the molecule is COc1ccc(CCC(=O)C2CC(=O)c3cnc(SC)nc3N2C2(CO[Si](C(C)C)(C(C)C)C(C)C)CCCC2)c(OC)c1. The third-order valence-electron chi connectivity index (χ3n) is 10.00. The maximum atomic E-state index is 14.3. The zero-order valence-electron chi connectivity index (χ0n) is 28.1. The lowest BCUT2D eigenvalue weighted by Crippen LogP contribution is -2.62. The van der Waals surface area contributed by atoms with E-state index in [1.54, 1.807) is 20.4 Å². The number of carbonyl (C=O) groups is 2. The van der Waals surface area contributed by atoms with Gasteiger partial charge in [0.2, 0.25) is 0 Å². The molecule has 0 spiro atoms. The van der Waals surface area contributed by atoms with Gasteiger partial charge in [0.15, 0.2) is 25.0 Å². The Labute approximate surface area is 269 Å². The number of thioether (sulfide) groups is 1. The average molecular weight is 642 g/mol. The minimum atomic E-state index is -2.20. The Hall–Kier alpha value is -2.43. The summed E-state index contributed by atoms with van der Waals surface area (Å²) in [4.78, 5) is 39.5. The lowest BCUT2D eigenvalue weighted by Gasteiger charge is -2.51. The van der Waals surface area contributed by atoms with E-state index in [1.165, 1.54) is 11.8 Å². The first kappa shape index (κ1) is 34.4. The van der Waals surface area contributed by atoms with Gasteiger partial charge >= 0.3 is 0 Å². The van der Waals surface area contributed by atoms with Crippen molar-refractivity contribution < 1.29 is 23.5 Å². The summed E-state index contributed by atoms with van der Waals surface area (Å²) in [6.07, 6.45) is 8.39. The minimum absolute atomic E-state index is 0.0394. The molecule has 1 aliphatic carbocycles. The normalized spacial score (nSPS) is 18.3. The first-order valence-electron chi connectivity index (χ1n) is 16.0. The van der Waals surface area contributed by atoms with Gasteiger partial charge < -0.3 is 18.8 Å². The lowest BCUT2D eigenvalue weighted by atomic mass is 9.85. The van der Waals surface area contributed by atoms with Crippen molar-refractivity contribution in [3.05, 3.63) is 35.5 Å². The molecule has 0 N–H and O–H groups in total. The second-order valence-electron chi connectivity index (χ2n) is 13.3. The number of rotatable bonds is 14. The lowest BCUT2D eigenvalue weighted by molar-refractivity contribution is -0.120. The molecule has 1 saturated carbocycles. The van der Waals surface area contributed by atoms with Crippen molar-refractivity contribution in [2.75, 3.05) is 32.0 Å². The number of fused-ring (bicyclic) bond motifs is 1. The van der Waals surface area contributed by atoms with Gasteiger partial charge in [0.25, 0.3) is 0 Å². The van der Waals surface area contributed by atoms with Crippen molar-refractivity contribution in [3.63, 3.8) is 0 Å². The van der Waals surface area contributed by atoms with Crippen molar-refractivity contribution >= 4 is 37.5 Å². The molecule has 2 heterocycles. The third-order valence-corrected chi connectivity index (χ3v) is 16.6. The van der Waals surface area contributed by atoms with Crippen molar-refractivity contribution in [2.45, 2.75) is 120 Å². The highest BCUT2D eigenvalue weighted by Gasteiger charge is 2.52. The summed E-state index contributed by atoms with van der Waals surface area (Å²) in [6.45, 7) is 14.4. The largest absolute Gasteiger partial charge is 0.497 e. The van der Waals surface area contributed by atoms with Crippen LogP contribution in [0.2, 0.25) is 16.6 Å². The van der Waals surface area contributed by atoms with Crippen LogP contribution in [0.1, 0.15) is 96.0 Å². The number of hydrogen-bond donors (Lipinski definition) is 0. The van der Waals surface area contributed by atoms with Crippen molar-refractivity contribution in [1.29, 1.82) is 0 Å². The summed E-state index contributed by atoms with van der Waals surface area (Å²) >= 11 is 1.45. The molecule has 10 heteroatoms. The van der Waals surface area contributed by atoms with Crippen LogP contribution in [0.3, 0.4) is 0 Å². The Morgan fingerprint density at radius 3 is 2.30 bits per heavy atom. The maximum Gasteiger partial charge on any atom is 0.200 e. The monoisotopic (exact) mass is 641 g/mol. The molecule has 8 nitrogen and oxygen atoms in total. The van der Waals surface area contributed by atoms with E-state index in [0.717, 1.165) is 31.2 Å². The van der Waals surface area contributed by atoms with Crippen LogP contribution >= 0.6 is 11.8 Å². The Morgan fingerprint density at radius 1 is 1.07 bits per heavy atom. The van der Waals surface area contributed by atoms with Crippen LogP contribution in [0.25, 0.3) is 0 Å². The number of ketones is 2. The molecular formula is C34H51N3O5SSi. The topological polar surface area (TPSA) is 90.9 Å². The Balaban J connectivity index is 1.75. The van der Waals surface area contributed by atoms with E-state index < -0.39 is 19.9 Å². The zero-order chi connectivity index (χ0) is 32.2. The number of ether oxygens (including phenoxy) is 2. The summed E-state index contributed by atoms with van der Waals surface area (Å²) < 4.78 is 18.2. The molecule has 4 rings (SSSR count). The molecule has 0 bridgehead atoms. The molecule has 1 aliphatic heterocycles. The van der Waals surface area contributed by atoms with Crippen LogP contribution in [-0.2, 0) is 15.6 Å². The second kappa shape index (κ2) is 14.3. The van der Waals surface area contributed by atoms with E-state index in [9.17, 15) is 9.59 Å². The van der Waals surface area contributed by atoms with Crippen LogP contribution in [0.5, 0.6) is 11.5 Å². The summed E-state index contributed by atoms with van der Waals surface area (Å²) in [6, 6.07) is 5.06. The summed E-state index contributed by atoms with van der Waals surface area (Å²) in [5, 5.41) is 0.599. The van der Waals surface area contributed by atoms with Gasteiger partial charge in [-0.1, -0.05) is 72.2 Å². The summed E-state index contributed by atoms with van der Waals surface area (Å²) in [7, 11) is 1.05. The number of aromatic nitrogens is 2. The molecule has 1 fully saturated rings. The smallest absolute Gasteiger partial charge is 0.200 e. The molecule has 2 aromatic rings. The first-order chi connectivity index (χ1) is 20.9. The molecule has 44 heavy (non-hydrogen) atoms. The number of Topliss-reactive ketones (excluding diaryl/α,β-unsaturated/α-hetero) is 2. The van der Waals surface area contributed by atoms with E-state index >= 15 is 0 Å². The average Bonchev–Trinajstić information content (AvgIpc) is 3.48. The first-order valence-corrected chi connectivity index (χ1v) is 19.4. The predicted molar refractivity (Wildman–Crippen MR) is 180 cm³/mol. The molecule has 2 aliphatic rings. The molecule has 1 unspecified atom stereocenters. The second-order valence-corrected chi connectivity index (χ2v) is 19.5. The standard InChI is InChI=1S/C34H51N3O5SSi/c1-22(2)44(23(3)4,24(5)6)42-21-34(16-10-11-17-34)37-28(19-30(39)27-20-35-33(43-9)36-32(27)37)29(38)15-13-25-12-14-26(40-7)18-31(25)41-8/h12,14,18,20,22-24,28H,10-11,13,15-17,19,21H2,1-9H3. The van der Waals surface area contributed by atoms with Crippen LogP contribution < -0.4 is 14.4 Å². The van der Waals surface area contributed by atoms with Gasteiger partial charge in [-0.05, 0) is 53.8 Å². The fraction of sp³-hybridized carbons (Fsp3) is 0.647. The van der Waals surface area contributed by atoms with Crippen molar-refractivity contribution in [2.24, 2.45) is 0 Å². The number of nitrogens with zero attached hydrogens (tertiary/aromatic N) is 3. The molecule has 242 valence electrons. The highest BCUT2D eigenvalue weighted by atomic mass is 32.2. The Bertz CT molecular complexity index is 1310. The highest BCUT2D eigenvalue weighted by molar-refractivity contribution is 7.98. The molecule has 0 amide bonds. The van der Waals surface area contributed by atoms with E-state index in [2.05, 4.69) is 51.4 Å². The number of anilines is 1. The van der Waals surface area contributed by atoms with Gasteiger partial charge in [0.1, 0.15) is 17.3 Å². The zero-order valence-corrected chi connectivity index (χ0v) is 29.9. The number of aryl methyl sites for hydroxylation is 1. The maximum absolute atomic E-state index is 14.3. The highest BCUT2D eigenvalue weighted by Crippen LogP contribution is 2.48. The van der Waals surface area contributed by atoms with Crippen LogP contribution in [-0.4, -0.2) is 68.5 Å². The summed E-state index contributed by atoms with van der Waals surface area (Å²) in [5.74, 6) is 1.95. The number of benzene rings is 1. The quantitative estimate of drug-likeness (QED) is 0.117. The van der Waals surface area contributed by atoms with Crippen LogP contribution in [0, 0.1) is 0 Å². The molecule has 0 radical (unpaired) electrons. The third kappa shape index (κ3) is 6.58. The van der Waals surface area contributed by atoms with Crippen LogP contribution in [0.4, 0.5) is 5.82 Å². The van der Waals surface area contributed by atoms with Gasteiger partial charge in [-0.2, -0.15) is 0 Å². The minimum Gasteiger partial charge on any atom is -0.497 e. The van der Waals surface area contributed by atoms with E-state index in [-0.39, 0.29) is 24.4 Å². The molecular weight excluding hydrogens is 591 g/mol. The molecule has 1 atom stereocenters. The van der Waals surface area contributed by atoms with Gasteiger partial charge in [0, 0.05) is 25.1 Å². The van der Waals surface area contributed by atoms with Gasteiger partial charge in [-0.15, -0.1) is 0 Å². The van der Waals surface area contributed by atoms with E-state index in [0.29, 0.717) is 57.7 Å². The van der Waals surface area contributed by atoms with Crippen molar-refractivity contribution in [1.82, 2.24) is 9.97 Å².